The maximum atomic E-state index is 13.4. The van der Waals surface area contributed by atoms with E-state index in [4.69, 9.17) is 25.8 Å². The van der Waals surface area contributed by atoms with Crippen LogP contribution in [0, 0.1) is 17.8 Å². The monoisotopic (exact) mass is 674 g/mol. The predicted molar refractivity (Wildman–Crippen MR) is 183 cm³/mol. The number of aryl methyl sites for hydroxylation is 1. The van der Waals surface area contributed by atoms with Gasteiger partial charge in [0.15, 0.2) is 6.29 Å². The quantitative estimate of drug-likeness (QED) is 0.238. The van der Waals surface area contributed by atoms with Gasteiger partial charge in [-0.05, 0) is 98.2 Å². The Morgan fingerprint density at radius 3 is 2.50 bits per heavy atom. The molecule has 46 heavy (non-hydrogen) atoms. The van der Waals surface area contributed by atoms with Gasteiger partial charge < -0.3 is 19.1 Å². The van der Waals surface area contributed by atoms with E-state index in [9.17, 15) is 13.2 Å². The largest absolute Gasteiger partial charge is 0.491 e. The number of amides is 1. The first kappa shape index (κ1) is 35.0. The topological polar surface area (TPSA) is 94.2 Å². The summed E-state index contributed by atoms with van der Waals surface area (Å²) >= 11 is 6.42. The molecule has 8 nitrogen and oxygen atoms in total. The number of rotatable bonds is 13. The molecule has 2 aromatic rings. The Balaban J connectivity index is 1.41. The van der Waals surface area contributed by atoms with Crippen molar-refractivity contribution in [2.24, 2.45) is 17.8 Å². The van der Waals surface area contributed by atoms with E-state index in [1.54, 1.807) is 19.1 Å². The maximum Gasteiger partial charge on any atom is 0.264 e. The first-order valence-corrected chi connectivity index (χ1v) is 19.1. The summed E-state index contributed by atoms with van der Waals surface area (Å²) in [5, 5.41) is 0.0533. The molecule has 1 saturated heterocycles. The van der Waals surface area contributed by atoms with Crippen LogP contribution in [-0.2, 0) is 25.9 Å². The second-order valence-electron chi connectivity index (χ2n) is 13.5. The molecule has 3 aliphatic rings. The molecule has 2 aromatic carbocycles. The van der Waals surface area contributed by atoms with E-state index in [2.05, 4.69) is 28.7 Å². The Morgan fingerprint density at radius 1 is 1.04 bits per heavy atom. The minimum Gasteiger partial charge on any atom is -0.491 e. The summed E-state index contributed by atoms with van der Waals surface area (Å²) < 4.78 is 46.9. The van der Waals surface area contributed by atoms with Gasteiger partial charge in [-0.15, -0.1) is 0 Å². The zero-order valence-electron chi connectivity index (χ0n) is 27.8. The first-order valence-electron chi connectivity index (χ1n) is 17.2. The highest BCUT2D eigenvalue weighted by Gasteiger charge is 2.37. The van der Waals surface area contributed by atoms with E-state index >= 15 is 0 Å². The third-order valence-corrected chi connectivity index (χ3v) is 12.3. The maximum absolute atomic E-state index is 13.4. The van der Waals surface area contributed by atoms with Crippen LogP contribution in [0.4, 0.5) is 5.69 Å². The van der Waals surface area contributed by atoms with Gasteiger partial charge in [-0.2, -0.15) is 0 Å². The molecule has 1 amide bonds. The van der Waals surface area contributed by atoms with Crippen molar-refractivity contribution in [3.05, 3.63) is 58.1 Å². The number of sulfonamides is 1. The zero-order chi connectivity index (χ0) is 32.8. The fourth-order valence-electron chi connectivity index (χ4n) is 7.12. The van der Waals surface area contributed by atoms with Crippen molar-refractivity contribution in [3.63, 3.8) is 0 Å². The van der Waals surface area contributed by atoms with Gasteiger partial charge in [0, 0.05) is 36.0 Å². The molecular weight excluding hydrogens is 624 g/mol. The van der Waals surface area contributed by atoms with E-state index < -0.39 is 21.2 Å². The van der Waals surface area contributed by atoms with Crippen LogP contribution < -0.4 is 14.4 Å². The lowest BCUT2D eigenvalue weighted by atomic mass is 9.71. The van der Waals surface area contributed by atoms with Gasteiger partial charge in [-0.3, -0.25) is 4.79 Å². The van der Waals surface area contributed by atoms with Gasteiger partial charge >= 0.3 is 0 Å². The van der Waals surface area contributed by atoms with Gasteiger partial charge in [0.2, 0.25) is 10.0 Å². The summed E-state index contributed by atoms with van der Waals surface area (Å²) in [6, 6.07) is 11.4. The van der Waals surface area contributed by atoms with Crippen molar-refractivity contribution in [3.8, 4) is 5.75 Å². The number of ether oxygens (including phenoxy) is 3. The number of nitrogens with one attached hydrogen (secondary N) is 1. The Bertz CT molecular complexity index is 1450. The highest BCUT2D eigenvalue weighted by molar-refractivity contribution is 7.90. The van der Waals surface area contributed by atoms with Crippen LogP contribution in [-0.4, -0.2) is 58.8 Å². The van der Waals surface area contributed by atoms with E-state index in [0.717, 1.165) is 81.8 Å². The molecule has 0 spiro atoms. The third-order valence-electron chi connectivity index (χ3n) is 10.2. The van der Waals surface area contributed by atoms with Crippen LogP contribution in [0.2, 0.25) is 5.02 Å². The van der Waals surface area contributed by atoms with Gasteiger partial charge in [0.25, 0.3) is 5.91 Å². The summed E-state index contributed by atoms with van der Waals surface area (Å²) in [5.41, 5.74) is 3.59. The minimum absolute atomic E-state index is 0.0616. The van der Waals surface area contributed by atoms with Crippen molar-refractivity contribution in [2.75, 3.05) is 37.8 Å². The standard InChI is InChI=1S/C36H51ClN2O6S/c1-5-8-24(3)25(4)46(41,42)38-36(40)28-12-15-34-33(19-28)39(21-29-11-10-26(29)20-35-43-16-7-17-44-35)22-30(23-45-34)32-14-13-31(37)18-27(32)9-6-2/h12-15,18-19,24-26,29-30,35H,5-11,16-17,20-23H2,1-4H3,(H,38,40). The number of anilines is 1. The number of hydrogen-bond donors (Lipinski definition) is 1. The molecule has 0 radical (unpaired) electrons. The molecule has 10 heteroatoms. The van der Waals surface area contributed by atoms with Crippen molar-refractivity contribution >= 4 is 33.2 Å². The minimum atomic E-state index is -3.84. The summed E-state index contributed by atoms with van der Waals surface area (Å²) in [4.78, 5) is 15.8. The molecule has 0 bridgehead atoms. The van der Waals surface area contributed by atoms with E-state index in [1.165, 1.54) is 11.1 Å². The number of fused-ring (bicyclic) bond motifs is 1. The summed E-state index contributed by atoms with van der Waals surface area (Å²) in [6.45, 7) is 11.3. The Labute approximate surface area is 280 Å². The van der Waals surface area contributed by atoms with E-state index in [0.29, 0.717) is 36.3 Å². The normalized spacial score (nSPS) is 23.4. The van der Waals surface area contributed by atoms with Gasteiger partial charge in [0.05, 0.1) is 30.8 Å². The molecular formula is C36H51ClN2O6S. The number of benzene rings is 2. The lowest BCUT2D eigenvalue weighted by Gasteiger charge is -2.42. The summed E-state index contributed by atoms with van der Waals surface area (Å²) in [7, 11) is -3.84. The van der Waals surface area contributed by atoms with Crippen LogP contribution in [0.1, 0.15) is 100 Å². The third kappa shape index (κ3) is 8.38. The molecule has 5 unspecified atom stereocenters. The van der Waals surface area contributed by atoms with Gasteiger partial charge in [-0.1, -0.05) is 51.3 Å². The average molecular weight is 675 g/mol. The van der Waals surface area contributed by atoms with Crippen molar-refractivity contribution in [1.29, 1.82) is 0 Å². The molecule has 2 aliphatic heterocycles. The number of carbonyl (C=O) groups excluding carboxylic acids is 1. The van der Waals surface area contributed by atoms with Gasteiger partial charge in [0.1, 0.15) is 5.75 Å². The number of hydrogen-bond acceptors (Lipinski definition) is 7. The number of nitrogens with zero attached hydrogens (tertiary/aromatic N) is 1. The fourth-order valence-corrected chi connectivity index (χ4v) is 8.63. The van der Waals surface area contributed by atoms with Crippen molar-refractivity contribution in [2.45, 2.75) is 96.5 Å². The van der Waals surface area contributed by atoms with Crippen LogP contribution in [0.5, 0.6) is 5.75 Å². The van der Waals surface area contributed by atoms with Crippen molar-refractivity contribution in [1.82, 2.24) is 4.72 Å². The SMILES string of the molecule is CCCc1cc(Cl)ccc1C1COc2ccc(C(=O)NS(=O)(=O)C(C)C(C)CCC)cc2N(CC2CCC2CC2OCCCO2)C1. The first-order chi connectivity index (χ1) is 22.1. The zero-order valence-corrected chi connectivity index (χ0v) is 29.4. The highest BCUT2D eigenvalue weighted by atomic mass is 35.5. The smallest absolute Gasteiger partial charge is 0.264 e. The van der Waals surface area contributed by atoms with E-state index in [1.807, 2.05) is 26.0 Å². The van der Waals surface area contributed by atoms with Crippen LogP contribution >= 0.6 is 11.6 Å². The second-order valence-corrected chi connectivity index (χ2v) is 16.0. The Morgan fingerprint density at radius 2 is 1.80 bits per heavy atom. The fraction of sp³-hybridized carbons (Fsp3) is 0.639. The molecule has 1 saturated carbocycles. The molecule has 254 valence electrons. The molecule has 0 aromatic heterocycles. The molecule has 5 rings (SSSR count). The summed E-state index contributed by atoms with van der Waals surface area (Å²) in [5.74, 6) is 1.05. The van der Waals surface area contributed by atoms with Gasteiger partial charge in [-0.25, -0.2) is 13.1 Å². The molecule has 1 N–H and O–H groups in total. The van der Waals surface area contributed by atoms with Crippen LogP contribution in [0.25, 0.3) is 0 Å². The second kappa shape index (κ2) is 15.7. The average Bonchev–Trinajstić information content (AvgIpc) is 3.21. The van der Waals surface area contributed by atoms with Crippen LogP contribution in [0.15, 0.2) is 36.4 Å². The Kier molecular flexibility index (Phi) is 12.0. The highest BCUT2D eigenvalue weighted by Crippen LogP contribution is 2.43. The van der Waals surface area contributed by atoms with Crippen molar-refractivity contribution < 1.29 is 27.4 Å². The number of carbonyl (C=O) groups is 1. The van der Waals surface area contributed by atoms with E-state index in [-0.39, 0.29) is 18.1 Å². The molecule has 1 aliphatic carbocycles. The summed E-state index contributed by atoms with van der Waals surface area (Å²) in [6.07, 6.45) is 7.54. The molecule has 5 atom stereocenters. The molecule has 2 fully saturated rings. The lowest BCUT2D eigenvalue weighted by Crippen LogP contribution is -2.42. The molecule has 2 heterocycles. The number of halogens is 1. The van der Waals surface area contributed by atoms with Crippen LogP contribution in [0.3, 0.4) is 0 Å². The lowest BCUT2D eigenvalue weighted by molar-refractivity contribution is -0.192. The predicted octanol–water partition coefficient (Wildman–Crippen LogP) is 7.34. The Hall–Kier alpha value is -2.33.